The number of allylic oxidation sites excluding steroid dienone is 4. The molecule has 0 radical (unpaired) electrons. The Balaban J connectivity index is 1.92. The molecule has 1 aromatic carbocycles. The van der Waals surface area contributed by atoms with Gasteiger partial charge in [-0.3, -0.25) is 0 Å². The maximum Gasteiger partial charge on any atom is 0.256 e. The van der Waals surface area contributed by atoms with Gasteiger partial charge in [0, 0.05) is 29.6 Å². The van der Waals surface area contributed by atoms with Gasteiger partial charge in [-0.25, -0.2) is 8.42 Å². The van der Waals surface area contributed by atoms with E-state index in [2.05, 4.69) is 15.9 Å². The molecule has 1 aromatic rings. The minimum Gasteiger partial charge on any atom is -0.358 e. The zero-order valence-electron chi connectivity index (χ0n) is 14.9. The van der Waals surface area contributed by atoms with E-state index in [4.69, 9.17) is 11.6 Å². The number of halogens is 1. The topological polar surface area (TPSA) is 49.7 Å². The van der Waals surface area contributed by atoms with Gasteiger partial charge in [-0.15, -0.1) is 4.40 Å². The van der Waals surface area contributed by atoms with Gasteiger partial charge < -0.3 is 4.90 Å². The second-order valence-electron chi connectivity index (χ2n) is 6.63. The minimum atomic E-state index is -3.33. The molecule has 6 heteroatoms. The van der Waals surface area contributed by atoms with Crippen molar-refractivity contribution in [3.8, 4) is 0 Å². The summed E-state index contributed by atoms with van der Waals surface area (Å²) in [7, 11) is -3.33. The minimum absolute atomic E-state index is 0.0346. The highest BCUT2D eigenvalue weighted by Crippen LogP contribution is 2.30. The Labute approximate surface area is 160 Å². The van der Waals surface area contributed by atoms with Gasteiger partial charge in [0.25, 0.3) is 10.0 Å². The van der Waals surface area contributed by atoms with Crippen molar-refractivity contribution in [2.24, 2.45) is 10.3 Å². The third-order valence-corrected chi connectivity index (χ3v) is 6.38. The van der Waals surface area contributed by atoms with E-state index >= 15 is 0 Å². The molecule has 2 aliphatic rings. The molecule has 26 heavy (non-hydrogen) atoms. The van der Waals surface area contributed by atoms with Gasteiger partial charge in [-0.05, 0) is 31.4 Å². The van der Waals surface area contributed by atoms with Crippen molar-refractivity contribution in [3.05, 3.63) is 65.2 Å². The molecule has 0 saturated carbocycles. The number of hydrogen-bond donors (Lipinski definition) is 0. The molecule has 1 saturated heterocycles. The first kappa shape index (κ1) is 18.9. The maximum absolute atomic E-state index is 11.9. The van der Waals surface area contributed by atoms with Crippen LogP contribution in [0.25, 0.3) is 5.57 Å². The fraction of sp³-hybridized carbons (Fsp3) is 0.350. The summed E-state index contributed by atoms with van der Waals surface area (Å²) in [4.78, 5) is 2.11. The van der Waals surface area contributed by atoms with Crippen LogP contribution in [0.3, 0.4) is 0 Å². The van der Waals surface area contributed by atoms with Crippen molar-refractivity contribution in [2.45, 2.75) is 19.8 Å². The molecule has 1 atom stereocenters. The molecule has 0 bridgehead atoms. The van der Waals surface area contributed by atoms with Gasteiger partial charge >= 0.3 is 0 Å². The zero-order chi connectivity index (χ0) is 18.7. The van der Waals surface area contributed by atoms with Crippen LogP contribution in [0, 0.1) is 5.92 Å². The molecular formula is C20H23ClN2O2S. The Morgan fingerprint density at radius 1 is 1.31 bits per heavy atom. The summed E-state index contributed by atoms with van der Waals surface area (Å²) in [6.07, 6.45) is 7.74. The van der Waals surface area contributed by atoms with Gasteiger partial charge in [0.2, 0.25) is 0 Å². The van der Waals surface area contributed by atoms with Crippen LogP contribution in [-0.4, -0.2) is 38.0 Å². The van der Waals surface area contributed by atoms with Crippen LogP contribution in [0.2, 0.25) is 5.02 Å². The van der Waals surface area contributed by atoms with Crippen molar-refractivity contribution < 1.29 is 8.42 Å². The number of amidine groups is 1. The molecule has 2 heterocycles. The van der Waals surface area contributed by atoms with Gasteiger partial charge in [0.15, 0.2) is 0 Å². The highest BCUT2D eigenvalue weighted by molar-refractivity contribution is 7.90. The van der Waals surface area contributed by atoms with E-state index in [0.29, 0.717) is 17.4 Å². The molecule has 3 rings (SSSR count). The molecule has 4 nitrogen and oxygen atoms in total. The van der Waals surface area contributed by atoms with Crippen LogP contribution in [-0.2, 0) is 10.0 Å². The summed E-state index contributed by atoms with van der Waals surface area (Å²) < 4.78 is 27.9. The lowest BCUT2D eigenvalue weighted by Crippen LogP contribution is -2.47. The lowest BCUT2D eigenvalue weighted by atomic mass is 9.89. The maximum atomic E-state index is 11.9. The molecule has 0 amide bonds. The van der Waals surface area contributed by atoms with Crippen LogP contribution >= 0.6 is 11.6 Å². The normalized spacial score (nSPS) is 23.2. The molecule has 0 N–H and O–H groups in total. The molecule has 0 aliphatic carbocycles. The Morgan fingerprint density at radius 3 is 2.81 bits per heavy atom. The Hall–Kier alpha value is -1.85. The second kappa shape index (κ2) is 7.80. The second-order valence-corrected chi connectivity index (χ2v) is 8.80. The van der Waals surface area contributed by atoms with Crippen LogP contribution < -0.4 is 0 Å². The average Bonchev–Trinajstić information content (AvgIpc) is 2.62. The highest BCUT2D eigenvalue weighted by atomic mass is 35.5. The van der Waals surface area contributed by atoms with Crippen LogP contribution in [0.15, 0.2) is 59.0 Å². The van der Waals surface area contributed by atoms with Crippen molar-refractivity contribution in [3.63, 3.8) is 0 Å². The molecular weight excluding hydrogens is 368 g/mol. The quantitative estimate of drug-likeness (QED) is 0.720. The number of fused-ring (bicyclic) bond motifs is 1. The number of rotatable bonds is 4. The fourth-order valence-corrected chi connectivity index (χ4v) is 4.76. The first-order chi connectivity index (χ1) is 12.4. The van der Waals surface area contributed by atoms with E-state index in [1.807, 2.05) is 43.3 Å². The largest absolute Gasteiger partial charge is 0.358 e. The van der Waals surface area contributed by atoms with Crippen LogP contribution in [0.5, 0.6) is 0 Å². The zero-order valence-corrected chi connectivity index (χ0v) is 16.4. The fourth-order valence-electron chi connectivity index (χ4n) is 3.44. The summed E-state index contributed by atoms with van der Waals surface area (Å²) in [6.45, 7) is 7.34. The van der Waals surface area contributed by atoms with Crippen LogP contribution in [0.4, 0.5) is 0 Å². The number of sulfonamides is 1. The molecule has 0 spiro atoms. The molecule has 138 valence electrons. The Kier molecular flexibility index (Phi) is 5.68. The highest BCUT2D eigenvalue weighted by Gasteiger charge is 2.33. The van der Waals surface area contributed by atoms with E-state index in [1.165, 1.54) is 0 Å². The predicted molar refractivity (Wildman–Crippen MR) is 109 cm³/mol. The summed E-state index contributed by atoms with van der Waals surface area (Å²) in [6, 6.07) is 7.65. The number of nitrogens with zero attached hydrogens (tertiary/aromatic N) is 2. The third kappa shape index (κ3) is 4.10. The number of piperidine rings is 1. The van der Waals surface area contributed by atoms with Crippen molar-refractivity contribution >= 4 is 33.0 Å². The van der Waals surface area contributed by atoms with Crippen LogP contribution in [0.1, 0.15) is 25.3 Å². The van der Waals surface area contributed by atoms with Crippen molar-refractivity contribution in [2.75, 3.05) is 18.8 Å². The molecule has 0 aromatic heterocycles. The Morgan fingerprint density at radius 2 is 2.08 bits per heavy atom. The van der Waals surface area contributed by atoms with Gasteiger partial charge in [0.05, 0.1) is 5.75 Å². The summed E-state index contributed by atoms with van der Waals surface area (Å²) in [5, 5.41) is 0.677. The molecule has 2 aliphatic heterocycles. The first-order valence-corrected chi connectivity index (χ1v) is 10.7. The van der Waals surface area contributed by atoms with E-state index in [0.717, 1.165) is 36.1 Å². The average molecular weight is 391 g/mol. The standard InChI is InChI=1S/C20H23ClN2O2S/c1-3-16(18-7-4-5-9-19(18)21)11-10-15(2)17-8-6-12-23-13-14-26(24,25)22-20(17)23/h3-5,7,9-11,17H,1,6,8,12-14H2,2H3/b15-10+,16-11+. The van der Waals surface area contributed by atoms with Crippen molar-refractivity contribution in [1.82, 2.24) is 4.90 Å². The van der Waals surface area contributed by atoms with Crippen molar-refractivity contribution in [1.29, 1.82) is 0 Å². The van der Waals surface area contributed by atoms with Gasteiger partial charge in [0.1, 0.15) is 5.84 Å². The summed E-state index contributed by atoms with van der Waals surface area (Å²) in [5.74, 6) is 0.842. The monoisotopic (exact) mass is 390 g/mol. The lowest BCUT2D eigenvalue weighted by molar-refractivity contribution is 0.353. The SMILES string of the molecule is C=C/C(=C\C=C(/C)C1CCCN2CCS(=O)(=O)N=C12)c1ccccc1Cl. The predicted octanol–water partition coefficient (Wildman–Crippen LogP) is 4.31. The van der Waals surface area contributed by atoms with E-state index in [1.54, 1.807) is 6.08 Å². The molecule has 1 fully saturated rings. The number of hydrogen-bond acceptors (Lipinski definition) is 3. The number of benzene rings is 1. The smallest absolute Gasteiger partial charge is 0.256 e. The third-order valence-electron chi connectivity index (χ3n) is 4.89. The lowest BCUT2D eigenvalue weighted by Gasteiger charge is -2.38. The van der Waals surface area contributed by atoms with E-state index in [-0.39, 0.29) is 11.7 Å². The van der Waals surface area contributed by atoms with Gasteiger partial charge in [-0.1, -0.05) is 60.2 Å². The Bertz CT molecular complexity index is 900. The first-order valence-electron chi connectivity index (χ1n) is 8.74. The van der Waals surface area contributed by atoms with Gasteiger partial charge in [-0.2, -0.15) is 0 Å². The van der Waals surface area contributed by atoms with E-state index < -0.39 is 10.0 Å². The summed E-state index contributed by atoms with van der Waals surface area (Å²) in [5.41, 5.74) is 2.95. The van der Waals surface area contributed by atoms with E-state index in [9.17, 15) is 8.42 Å². The summed E-state index contributed by atoms with van der Waals surface area (Å²) >= 11 is 6.28. The molecule has 1 unspecified atom stereocenters.